The number of fused-ring (bicyclic) bond motifs is 1. The smallest absolute Gasteiger partial charge is 0.308 e. The molecule has 76 valence electrons. The summed E-state index contributed by atoms with van der Waals surface area (Å²) < 4.78 is 5.08. The number of esters is 1. The van der Waals surface area contributed by atoms with Crippen LogP contribution in [0.2, 0.25) is 5.02 Å². The van der Waals surface area contributed by atoms with Crippen LogP contribution in [0, 0.1) is 0 Å². The molecule has 0 saturated carbocycles. The van der Waals surface area contributed by atoms with Crippen LogP contribution in [0.5, 0.6) is 5.75 Å². The standard InChI is InChI=1S/C12H9ClO2/c1-8(14)15-12-4-2-3-9-5-6-10(13)7-11(9)12/h2-7H,1H3. The highest BCUT2D eigenvalue weighted by Gasteiger charge is 2.04. The maximum atomic E-state index is 10.9. The van der Waals surface area contributed by atoms with Crippen LogP contribution in [-0.2, 0) is 4.79 Å². The number of carbonyl (C=O) groups excluding carboxylic acids is 1. The van der Waals surface area contributed by atoms with E-state index in [-0.39, 0.29) is 5.97 Å². The number of carbonyl (C=O) groups is 1. The molecule has 3 heteroatoms. The Kier molecular flexibility index (Phi) is 2.60. The number of benzene rings is 2. The minimum atomic E-state index is -0.331. The number of rotatable bonds is 1. The summed E-state index contributed by atoms with van der Waals surface area (Å²) >= 11 is 5.89. The Labute approximate surface area is 92.4 Å². The van der Waals surface area contributed by atoms with E-state index in [1.54, 1.807) is 18.2 Å². The fraction of sp³-hybridized carbons (Fsp3) is 0.0833. The molecule has 2 aromatic carbocycles. The van der Waals surface area contributed by atoms with Gasteiger partial charge in [0.15, 0.2) is 0 Å². The molecule has 2 rings (SSSR count). The summed E-state index contributed by atoms with van der Waals surface area (Å²) in [7, 11) is 0. The van der Waals surface area contributed by atoms with Crippen molar-refractivity contribution in [2.24, 2.45) is 0 Å². The van der Waals surface area contributed by atoms with Crippen molar-refractivity contribution < 1.29 is 9.53 Å². The second-order valence-corrected chi connectivity index (χ2v) is 3.65. The van der Waals surface area contributed by atoms with Crippen molar-refractivity contribution in [1.82, 2.24) is 0 Å². The molecule has 0 unspecified atom stereocenters. The molecule has 0 aliphatic rings. The van der Waals surface area contributed by atoms with Gasteiger partial charge in [-0.1, -0.05) is 29.8 Å². The fourth-order valence-electron chi connectivity index (χ4n) is 1.46. The molecule has 0 bridgehead atoms. The van der Waals surface area contributed by atoms with Gasteiger partial charge in [0, 0.05) is 17.3 Å². The molecule has 2 nitrogen and oxygen atoms in total. The van der Waals surface area contributed by atoms with E-state index in [0.717, 1.165) is 10.8 Å². The van der Waals surface area contributed by atoms with Crippen molar-refractivity contribution >= 4 is 28.3 Å². The summed E-state index contributed by atoms with van der Waals surface area (Å²) in [6, 6.07) is 11.0. The molecule has 2 aromatic rings. The first kappa shape index (κ1) is 9.99. The molecule has 0 aliphatic carbocycles. The van der Waals surface area contributed by atoms with E-state index in [9.17, 15) is 4.79 Å². The molecule has 0 saturated heterocycles. The van der Waals surface area contributed by atoms with Gasteiger partial charge in [0.25, 0.3) is 0 Å². The number of hydrogen-bond acceptors (Lipinski definition) is 2. The molecule has 0 N–H and O–H groups in total. The lowest BCUT2D eigenvalue weighted by Gasteiger charge is -2.05. The summed E-state index contributed by atoms with van der Waals surface area (Å²) in [5.41, 5.74) is 0. The molecule has 0 atom stereocenters. The van der Waals surface area contributed by atoms with Gasteiger partial charge in [0.2, 0.25) is 0 Å². The quantitative estimate of drug-likeness (QED) is 0.544. The van der Waals surface area contributed by atoms with Crippen molar-refractivity contribution in [3.05, 3.63) is 41.4 Å². The predicted octanol–water partition coefficient (Wildman–Crippen LogP) is 3.42. The Morgan fingerprint density at radius 2 is 2.07 bits per heavy atom. The summed E-state index contributed by atoms with van der Waals surface area (Å²) in [5.74, 6) is 0.213. The third kappa shape index (κ3) is 2.10. The summed E-state index contributed by atoms with van der Waals surface area (Å²) in [6.45, 7) is 1.38. The average molecular weight is 221 g/mol. The van der Waals surface area contributed by atoms with Crippen LogP contribution in [0.3, 0.4) is 0 Å². The molecule has 0 spiro atoms. The Morgan fingerprint density at radius 3 is 2.80 bits per heavy atom. The van der Waals surface area contributed by atoms with E-state index < -0.39 is 0 Å². The fourth-order valence-corrected chi connectivity index (χ4v) is 1.63. The summed E-state index contributed by atoms with van der Waals surface area (Å²) in [6.07, 6.45) is 0. The van der Waals surface area contributed by atoms with Crippen LogP contribution in [-0.4, -0.2) is 5.97 Å². The summed E-state index contributed by atoms with van der Waals surface area (Å²) in [4.78, 5) is 10.9. The summed E-state index contributed by atoms with van der Waals surface area (Å²) in [5, 5.41) is 2.47. The minimum Gasteiger partial charge on any atom is -0.426 e. The van der Waals surface area contributed by atoms with Gasteiger partial charge in [-0.15, -0.1) is 0 Å². The Hall–Kier alpha value is -1.54. The first-order chi connectivity index (χ1) is 7.16. The van der Waals surface area contributed by atoms with Crippen LogP contribution in [0.1, 0.15) is 6.92 Å². The van der Waals surface area contributed by atoms with Crippen molar-refractivity contribution in [3.63, 3.8) is 0 Å². The third-order valence-corrected chi connectivity index (χ3v) is 2.29. The molecule has 0 heterocycles. The van der Waals surface area contributed by atoms with Gasteiger partial charge in [0.05, 0.1) is 0 Å². The lowest BCUT2D eigenvalue weighted by Crippen LogP contribution is -2.01. The molecule has 0 aromatic heterocycles. The highest BCUT2D eigenvalue weighted by molar-refractivity contribution is 6.31. The van der Waals surface area contributed by atoms with E-state index in [1.165, 1.54) is 6.92 Å². The maximum absolute atomic E-state index is 10.9. The molecular weight excluding hydrogens is 212 g/mol. The zero-order valence-electron chi connectivity index (χ0n) is 8.16. The zero-order chi connectivity index (χ0) is 10.8. The molecule has 15 heavy (non-hydrogen) atoms. The lowest BCUT2D eigenvalue weighted by molar-refractivity contribution is -0.131. The predicted molar refractivity (Wildman–Crippen MR) is 60.3 cm³/mol. The van der Waals surface area contributed by atoms with Crippen molar-refractivity contribution in [3.8, 4) is 5.75 Å². The number of hydrogen-bond donors (Lipinski definition) is 0. The monoisotopic (exact) mass is 220 g/mol. The molecule has 0 amide bonds. The Morgan fingerprint density at radius 1 is 1.27 bits per heavy atom. The van der Waals surface area contributed by atoms with Gasteiger partial charge in [-0.05, 0) is 23.6 Å². The van der Waals surface area contributed by atoms with E-state index in [1.807, 2.05) is 18.2 Å². The van der Waals surface area contributed by atoms with Gasteiger partial charge in [-0.25, -0.2) is 0 Å². The largest absolute Gasteiger partial charge is 0.426 e. The maximum Gasteiger partial charge on any atom is 0.308 e. The Bertz CT molecular complexity index is 520. The third-order valence-electron chi connectivity index (χ3n) is 2.06. The zero-order valence-corrected chi connectivity index (χ0v) is 8.91. The van der Waals surface area contributed by atoms with Crippen LogP contribution in [0.4, 0.5) is 0 Å². The first-order valence-electron chi connectivity index (χ1n) is 4.53. The van der Waals surface area contributed by atoms with E-state index in [0.29, 0.717) is 10.8 Å². The number of halogens is 1. The topological polar surface area (TPSA) is 26.3 Å². The molecule has 0 aliphatic heterocycles. The van der Waals surface area contributed by atoms with Crippen LogP contribution in [0.25, 0.3) is 10.8 Å². The van der Waals surface area contributed by atoms with Crippen LogP contribution < -0.4 is 4.74 Å². The Balaban J connectivity index is 2.63. The SMILES string of the molecule is CC(=O)Oc1cccc2ccc(Cl)cc12. The van der Waals surface area contributed by atoms with Crippen molar-refractivity contribution in [2.45, 2.75) is 6.92 Å². The van der Waals surface area contributed by atoms with Gasteiger partial charge in [-0.3, -0.25) is 4.79 Å². The van der Waals surface area contributed by atoms with Gasteiger partial charge in [-0.2, -0.15) is 0 Å². The molecule has 0 fully saturated rings. The normalized spacial score (nSPS) is 10.3. The van der Waals surface area contributed by atoms with E-state index in [4.69, 9.17) is 16.3 Å². The highest BCUT2D eigenvalue weighted by Crippen LogP contribution is 2.28. The molecule has 0 radical (unpaired) electrons. The van der Waals surface area contributed by atoms with E-state index >= 15 is 0 Å². The first-order valence-corrected chi connectivity index (χ1v) is 4.91. The highest BCUT2D eigenvalue weighted by atomic mass is 35.5. The van der Waals surface area contributed by atoms with Gasteiger partial charge >= 0.3 is 5.97 Å². The van der Waals surface area contributed by atoms with Crippen molar-refractivity contribution in [2.75, 3.05) is 0 Å². The van der Waals surface area contributed by atoms with E-state index in [2.05, 4.69) is 0 Å². The van der Waals surface area contributed by atoms with Gasteiger partial charge < -0.3 is 4.74 Å². The van der Waals surface area contributed by atoms with Crippen molar-refractivity contribution in [1.29, 1.82) is 0 Å². The van der Waals surface area contributed by atoms with Gasteiger partial charge in [0.1, 0.15) is 5.75 Å². The van der Waals surface area contributed by atoms with Crippen LogP contribution in [0.15, 0.2) is 36.4 Å². The van der Waals surface area contributed by atoms with Crippen LogP contribution >= 0.6 is 11.6 Å². The average Bonchev–Trinajstić information content (AvgIpc) is 2.18. The molecular formula is C12H9ClO2. The minimum absolute atomic E-state index is 0.331. The lowest BCUT2D eigenvalue weighted by atomic mass is 10.1. The number of ether oxygens (including phenoxy) is 1. The second-order valence-electron chi connectivity index (χ2n) is 3.22. The second kappa shape index (κ2) is 3.91.